The molecule has 3 amide bonds. The van der Waals surface area contributed by atoms with E-state index < -0.39 is 30.0 Å². The molecule has 0 aromatic heterocycles. The van der Waals surface area contributed by atoms with Crippen molar-refractivity contribution in [2.45, 2.75) is 24.9 Å². The lowest BCUT2D eigenvalue weighted by atomic mass is 10.1. The predicted octanol–water partition coefficient (Wildman–Crippen LogP) is -1.27. The molecule has 0 spiro atoms. The summed E-state index contributed by atoms with van der Waals surface area (Å²) in [5.41, 5.74) is 4.96. The van der Waals surface area contributed by atoms with Gasteiger partial charge in [0.2, 0.25) is 5.91 Å². The van der Waals surface area contributed by atoms with Crippen LogP contribution < -0.4 is 16.4 Å². The zero-order chi connectivity index (χ0) is 14.8. The number of primary amides is 1. The summed E-state index contributed by atoms with van der Waals surface area (Å²) in [6.07, 6.45) is 2.07. The Morgan fingerprint density at radius 1 is 1.21 bits per heavy atom. The first-order chi connectivity index (χ1) is 8.92. The van der Waals surface area contributed by atoms with Crippen LogP contribution >= 0.6 is 11.8 Å². The van der Waals surface area contributed by atoms with Gasteiger partial charge in [0.05, 0.1) is 0 Å². The summed E-state index contributed by atoms with van der Waals surface area (Å²) in [5.74, 6) is -1.27. The Hall–Kier alpha value is -1.48. The second-order valence-corrected chi connectivity index (χ2v) is 4.74. The maximum Gasteiger partial charge on any atom is 0.326 e. The number of thioether (sulfide) groups is 1. The molecule has 0 saturated carbocycles. The molecule has 110 valence electrons. The van der Waals surface area contributed by atoms with Crippen molar-refractivity contribution in [3.63, 3.8) is 0 Å². The number of nitrogens with two attached hydrogens (primary N) is 1. The van der Waals surface area contributed by atoms with Gasteiger partial charge in [-0.2, -0.15) is 11.8 Å². The highest BCUT2D eigenvalue weighted by molar-refractivity contribution is 7.98. The number of rotatable bonds is 9. The average molecular weight is 293 g/mol. The first kappa shape index (κ1) is 17.5. The largest absolute Gasteiger partial charge is 0.480 e. The van der Waals surface area contributed by atoms with Gasteiger partial charge in [-0.1, -0.05) is 0 Å². The average Bonchev–Trinajstić information content (AvgIpc) is 2.33. The minimum absolute atomic E-state index is 0.104. The SMILES string of the molecule is CSCCC(NC(N)=O)C(=O)NC(CCO)C(=O)O. The molecule has 8 nitrogen and oxygen atoms in total. The second kappa shape index (κ2) is 9.45. The van der Waals surface area contributed by atoms with E-state index in [1.54, 1.807) is 0 Å². The molecular weight excluding hydrogens is 274 g/mol. The summed E-state index contributed by atoms with van der Waals surface area (Å²) < 4.78 is 0. The number of hydrogen-bond acceptors (Lipinski definition) is 5. The third-order valence-corrected chi connectivity index (χ3v) is 2.92. The monoisotopic (exact) mass is 293 g/mol. The molecule has 0 aromatic carbocycles. The molecule has 0 heterocycles. The van der Waals surface area contributed by atoms with Crippen LogP contribution in [0.2, 0.25) is 0 Å². The number of amides is 3. The van der Waals surface area contributed by atoms with E-state index in [4.69, 9.17) is 15.9 Å². The number of carboxylic acids is 1. The van der Waals surface area contributed by atoms with Crippen LogP contribution in [0.4, 0.5) is 4.79 Å². The zero-order valence-corrected chi connectivity index (χ0v) is 11.4. The lowest BCUT2D eigenvalue weighted by Crippen LogP contribution is -2.53. The van der Waals surface area contributed by atoms with Gasteiger partial charge in [-0.05, 0) is 18.4 Å². The van der Waals surface area contributed by atoms with Crippen molar-refractivity contribution in [2.24, 2.45) is 5.73 Å². The number of carbonyl (C=O) groups excluding carboxylic acids is 2. The van der Waals surface area contributed by atoms with Crippen molar-refractivity contribution < 1.29 is 24.6 Å². The molecule has 0 radical (unpaired) electrons. The highest BCUT2D eigenvalue weighted by Crippen LogP contribution is 2.02. The van der Waals surface area contributed by atoms with E-state index in [0.29, 0.717) is 12.2 Å². The van der Waals surface area contributed by atoms with Crippen LogP contribution in [0.15, 0.2) is 0 Å². The Morgan fingerprint density at radius 3 is 2.26 bits per heavy atom. The van der Waals surface area contributed by atoms with Gasteiger partial charge in [-0.15, -0.1) is 0 Å². The van der Waals surface area contributed by atoms with Gasteiger partial charge < -0.3 is 26.6 Å². The van der Waals surface area contributed by atoms with Gasteiger partial charge in [0.15, 0.2) is 0 Å². The fourth-order valence-electron chi connectivity index (χ4n) is 1.34. The first-order valence-corrected chi connectivity index (χ1v) is 7.00. The molecule has 19 heavy (non-hydrogen) atoms. The quantitative estimate of drug-likeness (QED) is 0.359. The number of aliphatic hydroxyl groups excluding tert-OH is 1. The third-order valence-electron chi connectivity index (χ3n) is 2.28. The topological polar surface area (TPSA) is 142 Å². The minimum Gasteiger partial charge on any atom is -0.480 e. The Balaban J connectivity index is 4.58. The van der Waals surface area contributed by atoms with Crippen molar-refractivity contribution in [3.8, 4) is 0 Å². The number of carbonyl (C=O) groups is 3. The first-order valence-electron chi connectivity index (χ1n) is 5.61. The zero-order valence-electron chi connectivity index (χ0n) is 10.6. The summed E-state index contributed by atoms with van der Waals surface area (Å²) in [4.78, 5) is 33.5. The molecule has 0 bridgehead atoms. The summed E-state index contributed by atoms with van der Waals surface area (Å²) in [5, 5.41) is 22.1. The fraction of sp³-hybridized carbons (Fsp3) is 0.700. The predicted molar refractivity (Wildman–Crippen MR) is 70.8 cm³/mol. The summed E-state index contributed by atoms with van der Waals surface area (Å²) in [6.45, 7) is -0.365. The highest BCUT2D eigenvalue weighted by Gasteiger charge is 2.25. The summed E-state index contributed by atoms with van der Waals surface area (Å²) >= 11 is 1.48. The summed E-state index contributed by atoms with van der Waals surface area (Å²) in [7, 11) is 0. The van der Waals surface area contributed by atoms with Crippen molar-refractivity contribution in [3.05, 3.63) is 0 Å². The minimum atomic E-state index is -1.25. The van der Waals surface area contributed by atoms with Crippen molar-refractivity contribution in [2.75, 3.05) is 18.6 Å². The molecule has 9 heteroatoms. The van der Waals surface area contributed by atoms with Gasteiger partial charge >= 0.3 is 12.0 Å². The molecule has 6 N–H and O–H groups in total. The van der Waals surface area contributed by atoms with Crippen LogP contribution in [-0.4, -0.2) is 58.8 Å². The molecule has 0 aliphatic rings. The van der Waals surface area contributed by atoms with Crippen molar-refractivity contribution >= 4 is 29.7 Å². The second-order valence-electron chi connectivity index (χ2n) is 3.75. The van der Waals surface area contributed by atoms with Gasteiger partial charge in [-0.3, -0.25) is 4.79 Å². The third kappa shape index (κ3) is 7.52. The number of carboxylic acid groups (broad SMARTS) is 1. The maximum absolute atomic E-state index is 11.8. The molecule has 0 aliphatic heterocycles. The van der Waals surface area contributed by atoms with E-state index in [1.807, 2.05) is 6.26 Å². The van der Waals surface area contributed by atoms with Crippen LogP contribution in [0, 0.1) is 0 Å². The summed E-state index contributed by atoms with van der Waals surface area (Å²) in [6, 6.07) is -2.93. The highest BCUT2D eigenvalue weighted by atomic mass is 32.2. The van der Waals surface area contributed by atoms with E-state index in [0.717, 1.165) is 0 Å². The lowest BCUT2D eigenvalue weighted by Gasteiger charge is -2.20. The molecule has 0 saturated heterocycles. The molecule has 0 fully saturated rings. The van der Waals surface area contributed by atoms with Crippen LogP contribution in [0.25, 0.3) is 0 Å². The maximum atomic E-state index is 11.8. The Morgan fingerprint density at radius 2 is 1.84 bits per heavy atom. The fourth-order valence-corrected chi connectivity index (χ4v) is 1.81. The number of aliphatic carboxylic acids is 1. The Bertz CT molecular complexity index is 326. The van der Waals surface area contributed by atoms with Crippen LogP contribution in [-0.2, 0) is 9.59 Å². The van der Waals surface area contributed by atoms with Gasteiger partial charge in [0.1, 0.15) is 12.1 Å². The molecule has 0 aliphatic carbocycles. The van der Waals surface area contributed by atoms with E-state index in [2.05, 4.69) is 10.6 Å². The van der Waals surface area contributed by atoms with E-state index >= 15 is 0 Å². The van der Waals surface area contributed by atoms with E-state index in [9.17, 15) is 14.4 Å². The lowest BCUT2D eigenvalue weighted by molar-refractivity contribution is -0.142. The molecule has 2 atom stereocenters. The van der Waals surface area contributed by atoms with Crippen molar-refractivity contribution in [1.29, 1.82) is 0 Å². The molecule has 0 aromatic rings. The standard InChI is InChI=1S/C10H19N3O5S/c1-19-5-3-6(13-10(11)18)8(15)12-7(2-4-14)9(16)17/h6-7,14H,2-5H2,1H3,(H,12,15)(H,16,17)(H3,11,13,18). The number of aliphatic hydroxyl groups is 1. The van der Waals surface area contributed by atoms with Crippen LogP contribution in [0.1, 0.15) is 12.8 Å². The van der Waals surface area contributed by atoms with Crippen LogP contribution in [0.3, 0.4) is 0 Å². The number of nitrogens with one attached hydrogen (secondary N) is 2. The molecule has 2 unspecified atom stereocenters. The van der Waals surface area contributed by atoms with E-state index in [1.165, 1.54) is 11.8 Å². The molecular formula is C10H19N3O5S. The number of hydrogen-bond donors (Lipinski definition) is 5. The normalized spacial score (nSPS) is 13.4. The Kier molecular flexibility index (Phi) is 8.71. The van der Waals surface area contributed by atoms with Gasteiger partial charge in [-0.25, -0.2) is 9.59 Å². The number of urea groups is 1. The van der Waals surface area contributed by atoms with Gasteiger partial charge in [0.25, 0.3) is 0 Å². The smallest absolute Gasteiger partial charge is 0.326 e. The Labute approximate surface area is 115 Å². The van der Waals surface area contributed by atoms with Crippen molar-refractivity contribution in [1.82, 2.24) is 10.6 Å². The van der Waals surface area contributed by atoms with E-state index in [-0.39, 0.29) is 13.0 Å². The van der Waals surface area contributed by atoms with Gasteiger partial charge in [0, 0.05) is 13.0 Å². The molecule has 0 rings (SSSR count). The van der Waals surface area contributed by atoms with Crippen LogP contribution in [0.5, 0.6) is 0 Å².